The normalized spacial score (nSPS) is 10.9. The molecule has 0 bridgehead atoms. The van der Waals surface area contributed by atoms with Gasteiger partial charge in [-0.05, 0) is 43.5 Å². The van der Waals surface area contributed by atoms with Gasteiger partial charge in [0.15, 0.2) is 11.0 Å². The Balaban J connectivity index is 1.88. The molecular formula is C21H25BrClN7O. The highest BCUT2D eigenvalue weighted by Crippen LogP contribution is 2.34. The summed E-state index contributed by atoms with van der Waals surface area (Å²) in [5.41, 5.74) is 9.15. The van der Waals surface area contributed by atoms with Crippen molar-refractivity contribution in [1.82, 2.24) is 19.5 Å². The molecular weight excluding hydrogens is 482 g/mol. The highest BCUT2D eigenvalue weighted by atomic mass is 79.9. The minimum Gasteiger partial charge on any atom is -0.369 e. The van der Waals surface area contributed by atoms with Crippen LogP contribution >= 0.6 is 27.5 Å². The van der Waals surface area contributed by atoms with E-state index < -0.39 is 0 Å². The van der Waals surface area contributed by atoms with Crippen LogP contribution in [-0.2, 0) is 17.9 Å². The molecule has 1 amide bonds. The lowest BCUT2D eigenvalue weighted by Crippen LogP contribution is -2.29. The number of hydrogen-bond donors (Lipinski definition) is 1. The molecule has 31 heavy (non-hydrogen) atoms. The van der Waals surface area contributed by atoms with Crippen LogP contribution in [-0.4, -0.2) is 39.5 Å². The fourth-order valence-electron chi connectivity index (χ4n) is 3.32. The zero-order chi connectivity index (χ0) is 22.5. The van der Waals surface area contributed by atoms with E-state index in [1.165, 1.54) is 4.90 Å². The van der Waals surface area contributed by atoms with E-state index in [0.717, 1.165) is 34.3 Å². The van der Waals surface area contributed by atoms with Gasteiger partial charge in [0.25, 0.3) is 0 Å². The summed E-state index contributed by atoms with van der Waals surface area (Å²) in [6.07, 6.45) is 7.40. The van der Waals surface area contributed by atoms with Gasteiger partial charge >= 0.3 is 0 Å². The first-order chi connectivity index (χ1) is 14.8. The average molecular weight is 507 g/mol. The molecule has 0 aliphatic carbocycles. The Bertz CT molecular complexity index is 1060. The third-order valence-electron chi connectivity index (χ3n) is 5.04. The van der Waals surface area contributed by atoms with Crippen molar-refractivity contribution in [3.05, 3.63) is 57.2 Å². The van der Waals surface area contributed by atoms with Crippen molar-refractivity contribution in [2.45, 2.75) is 33.4 Å². The summed E-state index contributed by atoms with van der Waals surface area (Å²) < 4.78 is 3.07. The molecule has 0 aliphatic rings. The lowest BCUT2D eigenvalue weighted by atomic mass is 10.1. The van der Waals surface area contributed by atoms with E-state index in [9.17, 15) is 4.79 Å². The summed E-state index contributed by atoms with van der Waals surface area (Å²) in [5, 5.41) is 0.201. The standard InChI is InChI=1S/C21H25BrClN7O/c1-14-11-25-16(15(2)17(14)22)12-30(13-31)20-18(19(23)26-21(24)27-20)28(3)7-6-10-29-8-4-5-9-29/h4-5,8-9,11,13H,6-7,10,12H2,1-3H3,(H2,24,26,27). The van der Waals surface area contributed by atoms with E-state index in [1.54, 1.807) is 6.20 Å². The molecule has 0 saturated carbocycles. The number of aromatic nitrogens is 4. The SMILES string of the molecule is Cc1cnc(CN(C=O)c2nc(N)nc(Cl)c2N(C)CCCn2cccc2)c(C)c1Br. The fourth-order valence-corrected chi connectivity index (χ4v) is 3.96. The second kappa shape index (κ2) is 10.1. The number of carbonyl (C=O) groups is 1. The molecule has 0 unspecified atom stereocenters. The van der Waals surface area contributed by atoms with Gasteiger partial charge in [-0.15, -0.1) is 0 Å². The van der Waals surface area contributed by atoms with E-state index in [0.29, 0.717) is 24.5 Å². The Kier molecular flexibility index (Phi) is 7.50. The van der Waals surface area contributed by atoms with E-state index in [1.807, 2.05) is 50.3 Å². The van der Waals surface area contributed by atoms with Gasteiger partial charge in [0.2, 0.25) is 12.4 Å². The molecule has 0 radical (unpaired) electrons. The summed E-state index contributed by atoms with van der Waals surface area (Å²) in [5.74, 6) is 0.361. The molecule has 0 aliphatic heterocycles. The monoisotopic (exact) mass is 505 g/mol. The minimum atomic E-state index is 0.00566. The van der Waals surface area contributed by atoms with E-state index in [-0.39, 0.29) is 17.6 Å². The number of hydrogen-bond acceptors (Lipinski definition) is 6. The van der Waals surface area contributed by atoms with Crippen molar-refractivity contribution in [1.29, 1.82) is 0 Å². The number of nitrogens with zero attached hydrogens (tertiary/aromatic N) is 6. The van der Waals surface area contributed by atoms with Crippen LogP contribution in [0.1, 0.15) is 23.2 Å². The Labute approximate surface area is 195 Å². The molecule has 164 valence electrons. The number of aryl methyl sites for hydroxylation is 2. The molecule has 2 N–H and O–H groups in total. The van der Waals surface area contributed by atoms with Crippen LogP contribution in [0.3, 0.4) is 0 Å². The van der Waals surface area contributed by atoms with Crippen LogP contribution in [0.2, 0.25) is 5.15 Å². The predicted molar refractivity (Wildman–Crippen MR) is 127 cm³/mol. The molecule has 0 fully saturated rings. The molecule has 0 saturated heterocycles. The van der Waals surface area contributed by atoms with Crippen LogP contribution < -0.4 is 15.5 Å². The summed E-state index contributed by atoms with van der Waals surface area (Å²) in [7, 11) is 1.90. The maximum Gasteiger partial charge on any atom is 0.223 e. The van der Waals surface area contributed by atoms with Crippen molar-refractivity contribution in [2.24, 2.45) is 0 Å². The highest BCUT2D eigenvalue weighted by molar-refractivity contribution is 9.10. The third-order valence-corrected chi connectivity index (χ3v) is 6.52. The van der Waals surface area contributed by atoms with Gasteiger partial charge < -0.3 is 15.2 Å². The van der Waals surface area contributed by atoms with Crippen LogP contribution in [0.15, 0.2) is 35.2 Å². The van der Waals surface area contributed by atoms with Gasteiger partial charge in [0.05, 0.1) is 12.2 Å². The Morgan fingerprint density at radius 2 is 1.97 bits per heavy atom. The van der Waals surface area contributed by atoms with Crippen molar-refractivity contribution in [2.75, 3.05) is 29.1 Å². The van der Waals surface area contributed by atoms with Crippen molar-refractivity contribution in [3.63, 3.8) is 0 Å². The Hall–Kier alpha value is -2.65. The lowest BCUT2D eigenvalue weighted by Gasteiger charge is -2.27. The largest absolute Gasteiger partial charge is 0.369 e. The zero-order valence-corrected chi connectivity index (χ0v) is 20.1. The maximum atomic E-state index is 12.1. The maximum absolute atomic E-state index is 12.1. The first-order valence-electron chi connectivity index (χ1n) is 9.79. The summed E-state index contributed by atoms with van der Waals surface area (Å²) in [6.45, 7) is 5.70. The summed E-state index contributed by atoms with van der Waals surface area (Å²) in [4.78, 5) is 28.4. The number of carbonyl (C=O) groups excluding carboxylic acids is 1. The van der Waals surface area contributed by atoms with Gasteiger partial charge in [0, 0.05) is 43.2 Å². The predicted octanol–water partition coefficient (Wildman–Crippen LogP) is 3.98. The summed E-state index contributed by atoms with van der Waals surface area (Å²) in [6, 6.07) is 3.99. The topological polar surface area (TPSA) is 93.2 Å². The molecule has 0 atom stereocenters. The lowest BCUT2D eigenvalue weighted by molar-refractivity contribution is -0.107. The first kappa shape index (κ1) is 23.0. The number of pyridine rings is 1. The van der Waals surface area contributed by atoms with Gasteiger partial charge in [-0.3, -0.25) is 14.7 Å². The number of amides is 1. The van der Waals surface area contributed by atoms with E-state index in [2.05, 4.69) is 35.4 Å². The Morgan fingerprint density at radius 1 is 1.26 bits per heavy atom. The van der Waals surface area contributed by atoms with Gasteiger partial charge in [-0.2, -0.15) is 9.97 Å². The highest BCUT2D eigenvalue weighted by Gasteiger charge is 2.22. The molecule has 3 rings (SSSR count). The van der Waals surface area contributed by atoms with Crippen LogP contribution in [0, 0.1) is 13.8 Å². The minimum absolute atomic E-state index is 0.00566. The van der Waals surface area contributed by atoms with Crippen LogP contribution in [0.25, 0.3) is 0 Å². The molecule has 3 aromatic heterocycles. The van der Waals surface area contributed by atoms with Crippen LogP contribution in [0.5, 0.6) is 0 Å². The average Bonchev–Trinajstić information content (AvgIpc) is 3.24. The van der Waals surface area contributed by atoms with Crippen LogP contribution in [0.4, 0.5) is 17.5 Å². The van der Waals surface area contributed by atoms with Crippen molar-refractivity contribution < 1.29 is 4.79 Å². The molecule has 0 spiro atoms. The Morgan fingerprint density at radius 3 is 2.65 bits per heavy atom. The van der Waals surface area contributed by atoms with Crippen molar-refractivity contribution >= 4 is 51.4 Å². The third kappa shape index (κ3) is 5.34. The molecule has 3 heterocycles. The first-order valence-corrected chi connectivity index (χ1v) is 11.0. The second-order valence-electron chi connectivity index (χ2n) is 7.30. The van der Waals surface area contributed by atoms with E-state index in [4.69, 9.17) is 17.3 Å². The number of rotatable bonds is 9. The van der Waals surface area contributed by atoms with Gasteiger partial charge in [0.1, 0.15) is 5.69 Å². The molecule has 3 aromatic rings. The second-order valence-corrected chi connectivity index (χ2v) is 8.45. The number of nitrogens with two attached hydrogens (primary N) is 1. The summed E-state index contributed by atoms with van der Waals surface area (Å²) >= 11 is 10.0. The number of anilines is 3. The quantitative estimate of drug-likeness (QED) is 0.349. The van der Waals surface area contributed by atoms with Gasteiger partial charge in [-0.25, -0.2) is 0 Å². The fraction of sp³-hybridized carbons (Fsp3) is 0.333. The molecule has 10 heteroatoms. The van der Waals surface area contributed by atoms with E-state index >= 15 is 0 Å². The number of nitrogen functional groups attached to an aromatic ring is 1. The van der Waals surface area contributed by atoms with Gasteiger partial charge in [-0.1, -0.05) is 27.5 Å². The molecule has 8 nitrogen and oxygen atoms in total. The number of halogens is 2. The van der Waals surface area contributed by atoms with Crippen molar-refractivity contribution in [3.8, 4) is 0 Å². The smallest absolute Gasteiger partial charge is 0.223 e. The molecule has 0 aromatic carbocycles. The zero-order valence-electron chi connectivity index (χ0n) is 17.7.